The molecule has 0 unspecified atom stereocenters. The Morgan fingerprint density at radius 2 is 2.08 bits per heavy atom. The molecule has 2 rings (SSSR count). The summed E-state index contributed by atoms with van der Waals surface area (Å²) in [4.78, 5) is 0. The fourth-order valence-electron chi connectivity index (χ4n) is 1.05. The molecule has 12 heavy (non-hydrogen) atoms. The van der Waals surface area contributed by atoms with Crippen LogP contribution in [-0.4, -0.2) is 6.61 Å². The summed E-state index contributed by atoms with van der Waals surface area (Å²) in [7, 11) is 0. The summed E-state index contributed by atoms with van der Waals surface area (Å²) < 4.78 is 18.2. The third kappa shape index (κ3) is 1.76. The van der Waals surface area contributed by atoms with Gasteiger partial charge in [-0.05, 0) is 30.9 Å². The number of benzene rings is 1. The lowest BCUT2D eigenvalue weighted by molar-refractivity contribution is 0.285. The summed E-state index contributed by atoms with van der Waals surface area (Å²) in [5.74, 6) is 0.784. The molecule has 1 aliphatic rings. The van der Waals surface area contributed by atoms with E-state index in [1.807, 2.05) is 0 Å². The smallest absolute Gasteiger partial charge is 0.165 e. The van der Waals surface area contributed by atoms with Crippen LogP contribution in [0.3, 0.4) is 0 Å². The van der Waals surface area contributed by atoms with Crippen molar-refractivity contribution in [2.24, 2.45) is 5.92 Å². The first-order valence-electron chi connectivity index (χ1n) is 4.23. The lowest BCUT2D eigenvalue weighted by atomic mass is 10.3. The Morgan fingerprint density at radius 1 is 1.33 bits per heavy atom. The molecule has 1 aliphatic carbocycles. The number of ether oxygens (including phenoxy) is 1. The molecule has 0 spiro atoms. The van der Waals surface area contributed by atoms with Gasteiger partial charge in [-0.2, -0.15) is 0 Å². The third-order valence-corrected chi connectivity index (χ3v) is 2.01. The number of para-hydroxylation sites is 1. The van der Waals surface area contributed by atoms with Crippen LogP contribution >= 0.6 is 0 Å². The molecule has 0 saturated heterocycles. The van der Waals surface area contributed by atoms with Gasteiger partial charge in [0.15, 0.2) is 11.6 Å². The summed E-state index contributed by atoms with van der Waals surface area (Å²) >= 11 is 0. The van der Waals surface area contributed by atoms with Crippen molar-refractivity contribution in [2.75, 3.05) is 6.61 Å². The molecule has 1 aromatic rings. The molecule has 0 aromatic heterocycles. The average Bonchev–Trinajstić information content (AvgIpc) is 2.86. The molecule has 0 atom stereocenters. The quantitative estimate of drug-likeness (QED) is 0.670. The van der Waals surface area contributed by atoms with E-state index in [1.165, 1.54) is 18.9 Å². The minimum atomic E-state index is -0.266. The van der Waals surface area contributed by atoms with Gasteiger partial charge >= 0.3 is 0 Å². The van der Waals surface area contributed by atoms with E-state index in [9.17, 15) is 4.39 Å². The number of halogens is 1. The predicted molar refractivity (Wildman–Crippen MR) is 44.6 cm³/mol. The Balaban J connectivity index is 1.96. The highest BCUT2D eigenvalue weighted by Crippen LogP contribution is 2.29. The maximum Gasteiger partial charge on any atom is 0.165 e. The van der Waals surface area contributed by atoms with Crippen LogP contribution in [0.2, 0.25) is 0 Å². The standard InChI is InChI=1S/C10H11FO/c11-9-3-1-2-4-10(9)12-7-8-5-6-8/h1-4,8H,5-7H2. The first-order valence-corrected chi connectivity index (χ1v) is 4.23. The van der Waals surface area contributed by atoms with Crippen LogP contribution in [0.25, 0.3) is 0 Å². The topological polar surface area (TPSA) is 9.23 Å². The van der Waals surface area contributed by atoms with Crippen LogP contribution < -0.4 is 4.74 Å². The van der Waals surface area contributed by atoms with E-state index < -0.39 is 0 Å². The van der Waals surface area contributed by atoms with Crippen molar-refractivity contribution in [3.8, 4) is 5.75 Å². The van der Waals surface area contributed by atoms with Crippen LogP contribution in [0.5, 0.6) is 5.75 Å². The zero-order valence-electron chi connectivity index (χ0n) is 6.79. The van der Waals surface area contributed by atoms with Gasteiger partial charge in [-0.25, -0.2) is 4.39 Å². The van der Waals surface area contributed by atoms with E-state index in [0.29, 0.717) is 18.3 Å². The third-order valence-electron chi connectivity index (χ3n) is 2.01. The molecule has 1 saturated carbocycles. The summed E-state index contributed by atoms with van der Waals surface area (Å²) in [6.45, 7) is 0.668. The minimum Gasteiger partial charge on any atom is -0.490 e. The molecule has 1 aromatic carbocycles. The molecule has 0 amide bonds. The Kier molecular flexibility index (Phi) is 1.98. The second kappa shape index (κ2) is 3.13. The maximum absolute atomic E-state index is 12.9. The van der Waals surface area contributed by atoms with Gasteiger partial charge in [0.05, 0.1) is 6.61 Å². The van der Waals surface area contributed by atoms with E-state index in [4.69, 9.17) is 4.74 Å². The summed E-state index contributed by atoms with van der Waals surface area (Å²) in [5.41, 5.74) is 0. The van der Waals surface area contributed by atoms with Crippen molar-refractivity contribution in [1.29, 1.82) is 0 Å². The molecular weight excluding hydrogens is 155 g/mol. The van der Waals surface area contributed by atoms with Crippen LogP contribution in [0.15, 0.2) is 24.3 Å². The number of rotatable bonds is 3. The predicted octanol–water partition coefficient (Wildman–Crippen LogP) is 2.61. The van der Waals surface area contributed by atoms with Gasteiger partial charge in [0.25, 0.3) is 0 Å². The van der Waals surface area contributed by atoms with Crippen molar-refractivity contribution >= 4 is 0 Å². The first-order chi connectivity index (χ1) is 5.86. The van der Waals surface area contributed by atoms with Gasteiger partial charge in [-0.3, -0.25) is 0 Å². The highest BCUT2D eigenvalue weighted by atomic mass is 19.1. The Morgan fingerprint density at radius 3 is 2.75 bits per heavy atom. The Hall–Kier alpha value is -1.05. The van der Waals surface area contributed by atoms with Gasteiger partial charge in [0.1, 0.15) is 0 Å². The maximum atomic E-state index is 12.9. The molecule has 2 heteroatoms. The van der Waals surface area contributed by atoms with E-state index >= 15 is 0 Å². The van der Waals surface area contributed by atoms with Crippen molar-refractivity contribution in [3.63, 3.8) is 0 Å². The second-order valence-electron chi connectivity index (χ2n) is 3.18. The fraction of sp³-hybridized carbons (Fsp3) is 0.400. The van der Waals surface area contributed by atoms with Crippen molar-refractivity contribution < 1.29 is 9.13 Å². The van der Waals surface area contributed by atoms with Crippen LogP contribution in [0, 0.1) is 11.7 Å². The first kappa shape index (κ1) is 7.59. The molecule has 0 bridgehead atoms. The Labute approximate surface area is 71.2 Å². The van der Waals surface area contributed by atoms with E-state index in [0.717, 1.165) is 0 Å². The zero-order chi connectivity index (χ0) is 8.39. The van der Waals surface area contributed by atoms with Crippen molar-refractivity contribution in [2.45, 2.75) is 12.8 Å². The van der Waals surface area contributed by atoms with E-state index in [2.05, 4.69) is 0 Å². The normalized spacial score (nSPS) is 16.1. The zero-order valence-corrected chi connectivity index (χ0v) is 6.79. The monoisotopic (exact) mass is 166 g/mol. The van der Waals surface area contributed by atoms with Crippen LogP contribution in [0.1, 0.15) is 12.8 Å². The van der Waals surface area contributed by atoms with Gasteiger partial charge in [0.2, 0.25) is 0 Å². The number of hydrogen-bond acceptors (Lipinski definition) is 1. The van der Waals surface area contributed by atoms with Crippen molar-refractivity contribution in [1.82, 2.24) is 0 Å². The second-order valence-corrected chi connectivity index (χ2v) is 3.18. The average molecular weight is 166 g/mol. The SMILES string of the molecule is Fc1ccccc1OCC1CC1. The van der Waals surface area contributed by atoms with Gasteiger partial charge in [0, 0.05) is 0 Å². The number of hydrogen-bond donors (Lipinski definition) is 0. The largest absolute Gasteiger partial charge is 0.490 e. The van der Waals surface area contributed by atoms with E-state index in [1.54, 1.807) is 18.2 Å². The molecule has 0 N–H and O–H groups in total. The lowest BCUT2D eigenvalue weighted by Gasteiger charge is -2.04. The van der Waals surface area contributed by atoms with Crippen molar-refractivity contribution in [3.05, 3.63) is 30.1 Å². The molecule has 0 radical (unpaired) electrons. The molecule has 64 valence electrons. The molecule has 0 heterocycles. The fourth-order valence-corrected chi connectivity index (χ4v) is 1.05. The summed E-state index contributed by atoms with van der Waals surface area (Å²) in [6.07, 6.45) is 2.46. The van der Waals surface area contributed by atoms with Gasteiger partial charge in [-0.1, -0.05) is 12.1 Å². The van der Waals surface area contributed by atoms with E-state index in [-0.39, 0.29) is 5.82 Å². The molecule has 0 aliphatic heterocycles. The minimum absolute atomic E-state index is 0.266. The molecule has 1 nitrogen and oxygen atoms in total. The van der Waals surface area contributed by atoms with Crippen LogP contribution in [0.4, 0.5) is 4.39 Å². The molecular formula is C10H11FO. The highest BCUT2D eigenvalue weighted by molar-refractivity contribution is 5.23. The Bertz CT molecular complexity index is 268. The van der Waals surface area contributed by atoms with Gasteiger partial charge in [-0.15, -0.1) is 0 Å². The lowest BCUT2D eigenvalue weighted by Crippen LogP contribution is -2.00. The van der Waals surface area contributed by atoms with Crippen LogP contribution in [-0.2, 0) is 0 Å². The molecule has 1 fully saturated rings. The highest BCUT2D eigenvalue weighted by Gasteiger charge is 2.22. The summed E-state index contributed by atoms with van der Waals surface area (Å²) in [6, 6.07) is 6.53. The summed E-state index contributed by atoms with van der Waals surface area (Å²) in [5, 5.41) is 0. The van der Waals surface area contributed by atoms with Gasteiger partial charge < -0.3 is 4.74 Å².